The van der Waals surface area contributed by atoms with Crippen LogP contribution in [0.15, 0.2) is 18.5 Å². The topological polar surface area (TPSA) is 94.7 Å². The molecule has 23 heavy (non-hydrogen) atoms. The maximum atomic E-state index is 10.7. The average Bonchev–Trinajstić information content (AvgIpc) is 2.42. The highest BCUT2D eigenvalue weighted by molar-refractivity contribution is 6.74. The lowest BCUT2D eigenvalue weighted by atomic mass is 10.1. The number of carboxylic acids is 1. The number of aromatic nitrogens is 1. The van der Waals surface area contributed by atoms with Crippen LogP contribution in [0, 0.1) is 0 Å². The minimum Gasteiger partial charge on any atom is -0.490 e. The molecule has 0 saturated carbocycles. The molecule has 0 spiro atoms. The molecule has 1 atom stereocenters. The van der Waals surface area contributed by atoms with Crippen molar-refractivity contribution in [1.82, 2.24) is 4.98 Å². The third kappa shape index (κ3) is 6.29. The molecule has 0 aromatic carbocycles. The first-order valence-corrected chi connectivity index (χ1v) is 10.6. The number of hydrogen-bond donors (Lipinski definition) is 2. The lowest BCUT2D eigenvalue weighted by Gasteiger charge is -2.36. The van der Waals surface area contributed by atoms with E-state index < -0.39 is 20.3 Å². The fourth-order valence-corrected chi connectivity index (χ4v) is 2.72. The fourth-order valence-electron chi connectivity index (χ4n) is 1.70. The van der Waals surface area contributed by atoms with Crippen molar-refractivity contribution in [2.24, 2.45) is 5.73 Å². The second kappa shape index (κ2) is 7.90. The minimum atomic E-state index is -1.77. The summed E-state index contributed by atoms with van der Waals surface area (Å²) in [7, 11) is -1.77. The van der Waals surface area contributed by atoms with Crippen molar-refractivity contribution in [3.63, 3.8) is 0 Å². The first-order valence-electron chi connectivity index (χ1n) is 7.72. The van der Waals surface area contributed by atoms with Gasteiger partial charge in [-0.1, -0.05) is 20.8 Å². The summed E-state index contributed by atoms with van der Waals surface area (Å²) in [4.78, 5) is 14.8. The van der Waals surface area contributed by atoms with E-state index in [0.717, 1.165) is 0 Å². The first-order chi connectivity index (χ1) is 10.5. The molecule has 0 aliphatic heterocycles. The molecule has 1 aromatic heterocycles. The van der Waals surface area contributed by atoms with Crippen molar-refractivity contribution >= 4 is 14.3 Å². The third-order valence-electron chi connectivity index (χ3n) is 4.18. The van der Waals surface area contributed by atoms with Crippen LogP contribution in [0.1, 0.15) is 38.8 Å². The number of nitrogens with zero attached hydrogens (tertiary/aromatic N) is 1. The van der Waals surface area contributed by atoms with Crippen molar-refractivity contribution in [2.45, 2.75) is 51.4 Å². The summed E-state index contributed by atoms with van der Waals surface area (Å²) in [5.41, 5.74) is 6.48. The summed E-state index contributed by atoms with van der Waals surface area (Å²) in [5, 5.41) is 8.95. The highest BCUT2D eigenvalue weighted by Crippen LogP contribution is 2.36. The molecule has 0 bridgehead atoms. The molecule has 0 aliphatic rings. The molecule has 1 aromatic rings. The van der Waals surface area contributed by atoms with Gasteiger partial charge < -0.3 is 20.0 Å². The maximum absolute atomic E-state index is 10.7. The predicted molar refractivity (Wildman–Crippen MR) is 92.1 cm³/mol. The van der Waals surface area contributed by atoms with Gasteiger partial charge in [0.15, 0.2) is 8.32 Å². The SMILES string of the molecule is CC(C)(C)[Si](C)(C)OCCOc1cncc(C(N)CC(=O)O)c1. The van der Waals surface area contributed by atoms with E-state index in [1.807, 2.05) is 0 Å². The zero-order valence-corrected chi connectivity index (χ0v) is 15.6. The Morgan fingerprint density at radius 1 is 1.35 bits per heavy atom. The number of aliphatic carboxylic acids is 1. The van der Waals surface area contributed by atoms with Gasteiger partial charge in [-0.15, -0.1) is 0 Å². The largest absolute Gasteiger partial charge is 0.490 e. The van der Waals surface area contributed by atoms with E-state index in [1.165, 1.54) is 0 Å². The quantitative estimate of drug-likeness (QED) is 0.558. The number of carboxylic acid groups (broad SMARTS) is 1. The maximum Gasteiger partial charge on any atom is 0.305 e. The Hall–Kier alpha value is -1.44. The van der Waals surface area contributed by atoms with Gasteiger partial charge in [-0.2, -0.15) is 0 Å². The molecule has 1 heterocycles. The van der Waals surface area contributed by atoms with E-state index in [2.05, 4.69) is 38.8 Å². The zero-order chi connectivity index (χ0) is 17.7. The normalized spacial score (nSPS) is 13.7. The van der Waals surface area contributed by atoms with Gasteiger partial charge in [0.1, 0.15) is 12.4 Å². The Labute approximate surface area is 139 Å². The van der Waals surface area contributed by atoms with Gasteiger partial charge in [-0.3, -0.25) is 9.78 Å². The van der Waals surface area contributed by atoms with E-state index in [9.17, 15) is 4.79 Å². The predicted octanol–water partition coefficient (Wildman–Crippen LogP) is 2.96. The van der Waals surface area contributed by atoms with Gasteiger partial charge in [0.05, 0.1) is 19.2 Å². The van der Waals surface area contributed by atoms with Gasteiger partial charge in [0, 0.05) is 12.2 Å². The molecule has 7 heteroatoms. The molecule has 0 amide bonds. The van der Waals surface area contributed by atoms with Crippen LogP contribution in [0.5, 0.6) is 5.75 Å². The van der Waals surface area contributed by atoms with Crippen LogP contribution in [-0.4, -0.2) is 37.6 Å². The number of ether oxygens (including phenoxy) is 1. The van der Waals surface area contributed by atoms with Crippen LogP contribution >= 0.6 is 0 Å². The van der Waals surface area contributed by atoms with Crippen LogP contribution in [0.25, 0.3) is 0 Å². The summed E-state index contributed by atoms with van der Waals surface area (Å²) in [6.45, 7) is 11.9. The molecule has 0 radical (unpaired) electrons. The number of rotatable bonds is 8. The molecular weight excluding hydrogens is 312 g/mol. The Morgan fingerprint density at radius 2 is 2.00 bits per heavy atom. The van der Waals surface area contributed by atoms with E-state index in [0.29, 0.717) is 24.5 Å². The first kappa shape index (κ1) is 19.6. The van der Waals surface area contributed by atoms with E-state index in [1.54, 1.807) is 18.5 Å². The number of hydrogen-bond acceptors (Lipinski definition) is 5. The summed E-state index contributed by atoms with van der Waals surface area (Å²) in [6, 6.07) is 1.14. The van der Waals surface area contributed by atoms with Crippen molar-refractivity contribution in [2.75, 3.05) is 13.2 Å². The van der Waals surface area contributed by atoms with Gasteiger partial charge in [-0.05, 0) is 29.8 Å². The second-order valence-electron chi connectivity index (χ2n) is 7.12. The van der Waals surface area contributed by atoms with Crippen molar-refractivity contribution in [1.29, 1.82) is 0 Å². The van der Waals surface area contributed by atoms with Crippen LogP contribution in [0.3, 0.4) is 0 Å². The van der Waals surface area contributed by atoms with Gasteiger partial charge in [-0.25, -0.2) is 0 Å². The summed E-state index contributed by atoms with van der Waals surface area (Å²) < 4.78 is 11.7. The molecular formula is C16H28N2O4Si. The molecule has 130 valence electrons. The van der Waals surface area contributed by atoms with E-state index in [4.69, 9.17) is 20.0 Å². The van der Waals surface area contributed by atoms with Crippen molar-refractivity contribution in [3.05, 3.63) is 24.0 Å². The van der Waals surface area contributed by atoms with E-state index in [-0.39, 0.29) is 11.5 Å². The van der Waals surface area contributed by atoms with Crippen LogP contribution in [0.4, 0.5) is 0 Å². The number of pyridine rings is 1. The Balaban J connectivity index is 2.52. The Morgan fingerprint density at radius 3 is 2.57 bits per heavy atom. The lowest BCUT2D eigenvalue weighted by Crippen LogP contribution is -2.41. The van der Waals surface area contributed by atoms with Crippen molar-refractivity contribution in [3.8, 4) is 5.75 Å². The van der Waals surface area contributed by atoms with Gasteiger partial charge in [0.2, 0.25) is 0 Å². The molecule has 6 nitrogen and oxygen atoms in total. The van der Waals surface area contributed by atoms with Gasteiger partial charge >= 0.3 is 5.97 Å². The van der Waals surface area contributed by atoms with Crippen LogP contribution < -0.4 is 10.5 Å². The molecule has 0 saturated heterocycles. The lowest BCUT2D eigenvalue weighted by molar-refractivity contribution is -0.137. The summed E-state index contributed by atoms with van der Waals surface area (Å²) >= 11 is 0. The molecule has 1 rings (SSSR count). The zero-order valence-electron chi connectivity index (χ0n) is 14.6. The standard InChI is InChI=1S/C16H28N2O4Si/c1-16(2,3)23(4,5)22-7-6-21-13-8-12(10-18-11-13)14(17)9-15(19)20/h8,10-11,14H,6-7,9,17H2,1-5H3,(H,19,20). The van der Waals surface area contributed by atoms with E-state index >= 15 is 0 Å². The number of carbonyl (C=O) groups is 1. The second-order valence-corrected chi connectivity index (χ2v) is 11.9. The minimum absolute atomic E-state index is 0.139. The molecule has 3 N–H and O–H groups in total. The monoisotopic (exact) mass is 340 g/mol. The van der Waals surface area contributed by atoms with Crippen LogP contribution in [-0.2, 0) is 9.22 Å². The summed E-state index contributed by atoms with van der Waals surface area (Å²) in [5.74, 6) is -0.367. The third-order valence-corrected chi connectivity index (χ3v) is 8.72. The Bertz CT molecular complexity index is 529. The Kier molecular flexibility index (Phi) is 6.73. The molecule has 0 fully saturated rings. The average molecular weight is 340 g/mol. The molecule has 1 unspecified atom stereocenters. The highest BCUT2D eigenvalue weighted by atomic mass is 28.4. The fraction of sp³-hybridized carbons (Fsp3) is 0.625. The smallest absolute Gasteiger partial charge is 0.305 e. The molecule has 0 aliphatic carbocycles. The number of nitrogens with two attached hydrogens (primary N) is 1. The van der Waals surface area contributed by atoms with Crippen LogP contribution in [0.2, 0.25) is 18.1 Å². The van der Waals surface area contributed by atoms with Crippen molar-refractivity contribution < 1.29 is 19.1 Å². The van der Waals surface area contributed by atoms with Gasteiger partial charge in [0.25, 0.3) is 0 Å². The highest BCUT2D eigenvalue weighted by Gasteiger charge is 2.36. The summed E-state index contributed by atoms with van der Waals surface area (Å²) in [6.07, 6.45) is 3.01.